The lowest BCUT2D eigenvalue weighted by molar-refractivity contribution is 0.0818. The van der Waals surface area contributed by atoms with Gasteiger partial charge in [0.25, 0.3) is 0 Å². The summed E-state index contributed by atoms with van der Waals surface area (Å²) < 4.78 is 2.39. The van der Waals surface area contributed by atoms with E-state index in [0.29, 0.717) is 18.4 Å². The molecule has 3 rings (SSSR count). The topological polar surface area (TPSA) is 74.2 Å². The van der Waals surface area contributed by atoms with Gasteiger partial charge in [-0.2, -0.15) is 0 Å². The van der Waals surface area contributed by atoms with Crippen LogP contribution >= 0.6 is 23.3 Å². The number of hydrogen-bond acceptors (Lipinski definition) is 8. The molecule has 142 valence electrons. The molecule has 2 aromatic rings. The SMILES string of the molecule is CSN1CCC(Nc2ncc(C)c(-c3ncc(CC(C)(C)O)s3)n2)CC1. The van der Waals surface area contributed by atoms with Gasteiger partial charge in [-0.15, -0.1) is 11.3 Å². The number of hydrogen-bond donors (Lipinski definition) is 2. The standard InChI is InChI=1S/C18H27N5OS2/c1-12-10-20-17(21-13-5-7-23(25-4)8-6-13)22-15(12)16-19-11-14(26-16)9-18(2,3)24/h10-11,13,24H,5-9H2,1-4H3,(H,20,21,22). The monoisotopic (exact) mass is 393 g/mol. The van der Waals surface area contributed by atoms with Crippen LogP contribution in [0.5, 0.6) is 0 Å². The Bertz CT molecular complexity index is 735. The molecular weight excluding hydrogens is 366 g/mol. The van der Waals surface area contributed by atoms with Gasteiger partial charge in [-0.3, -0.25) is 4.31 Å². The Balaban J connectivity index is 1.72. The van der Waals surface area contributed by atoms with Crippen molar-refractivity contribution in [2.45, 2.75) is 51.7 Å². The van der Waals surface area contributed by atoms with Crippen LogP contribution in [-0.2, 0) is 6.42 Å². The van der Waals surface area contributed by atoms with Gasteiger partial charge in [-0.05, 0) is 45.4 Å². The smallest absolute Gasteiger partial charge is 0.223 e. The second kappa shape index (κ2) is 8.21. The summed E-state index contributed by atoms with van der Waals surface area (Å²) in [4.78, 5) is 14.8. The van der Waals surface area contributed by atoms with Crippen LogP contribution in [0.4, 0.5) is 5.95 Å². The van der Waals surface area contributed by atoms with E-state index in [0.717, 1.165) is 47.1 Å². The number of nitrogens with zero attached hydrogens (tertiary/aromatic N) is 4. The number of thiazole rings is 1. The van der Waals surface area contributed by atoms with Crippen LogP contribution in [0.2, 0.25) is 0 Å². The first-order valence-corrected chi connectivity index (χ1v) is 10.9. The Morgan fingerprint density at radius 1 is 1.31 bits per heavy atom. The molecule has 1 aliphatic heterocycles. The summed E-state index contributed by atoms with van der Waals surface area (Å²) in [7, 11) is 0. The molecule has 0 radical (unpaired) electrons. The van der Waals surface area contributed by atoms with Crippen LogP contribution in [0.25, 0.3) is 10.7 Å². The summed E-state index contributed by atoms with van der Waals surface area (Å²) in [5.41, 5.74) is 1.15. The zero-order valence-corrected chi connectivity index (χ0v) is 17.5. The van der Waals surface area contributed by atoms with E-state index in [9.17, 15) is 5.11 Å². The lowest BCUT2D eigenvalue weighted by Gasteiger charge is -2.30. The van der Waals surface area contributed by atoms with Crippen molar-refractivity contribution < 1.29 is 5.11 Å². The molecule has 3 heterocycles. The van der Waals surface area contributed by atoms with E-state index in [-0.39, 0.29) is 0 Å². The summed E-state index contributed by atoms with van der Waals surface area (Å²) in [6.07, 6.45) is 8.61. The molecule has 1 fully saturated rings. The normalized spacial score (nSPS) is 16.8. The summed E-state index contributed by atoms with van der Waals surface area (Å²) in [6.45, 7) is 7.81. The maximum Gasteiger partial charge on any atom is 0.223 e. The zero-order chi connectivity index (χ0) is 18.7. The largest absolute Gasteiger partial charge is 0.390 e. The molecular formula is C18H27N5OS2. The van der Waals surface area contributed by atoms with E-state index in [1.165, 1.54) is 0 Å². The molecule has 26 heavy (non-hydrogen) atoms. The first kappa shape index (κ1) is 19.5. The second-order valence-electron chi connectivity index (χ2n) is 7.38. The first-order chi connectivity index (χ1) is 12.3. The van der Waals surface area contributed by atoms with Gasteiger partial charge in [0.15, 0.2) is 0 Å². The van der Waals surface area contributed by atoms with Gasteiger partial charge in [-0.25, -0.2) is 15.0 Å². The zero-order valence-electron chi connectivity index (χ0n) is 15.8. The van der Waals surface area contributed by atoms with Gasteiger partial charge >= 0.3 is 0 Å². The summed E-state index contributed by atoms with van der Waals surface area (Å²) in [6, 6.07) is 0.413. The predicted octanol–water partition coefficient (Wildman–Crippen LogP) is 3.38. The van der Waals surface area contributed by atoms with E-state index in [4.69, 9.17) is 4.98 Å². The maximum absolute atomic E-state index is 10.0. The highest BCUT2D eigenvalue weighted by Crippen LogP contribution is 2.29. The number of rotatable bonds is 6. The number of nitrogens with one attached hydrogen (secondary N) is 1. The number of aliphatic hydroxyl groups is 1. The van der Waals surface area contributed by atoms with Crippen molar-refractivity contribution >= 4 is 29.2 Å². The van der Waals surface area contributed by atoms with Crippen molar-refractivity contribution in [3.63, 3.8) is 0 Å². The van der Waals surface area contributed by atoms with Crippen LogP contribution in [0.15, 0.2) is 12.4 Å². The van der Waals surface area contributed by atoms with Crippen molar-refractivity contribution in [3.05, 3.63) is 22.8 Å². The van der Waals surface area contributed by atoms with E-state index >= 15 is 0 Å². The molecule has 0 saturated carbocycles. The fraction of sp³-hybridized carbons (Fsp3) is 0.611. The molecule has 8 heteroatoms. The van der Waals surface area contributed by atoms with Crippen LogP contribution in [0, 0.1) is 6.92 Å². The minimum atomic E-state index is -0.733. The molecule has 0 aliphatic carbocycles. The molecule has 0 atom stereocenters. The van der Waals surface area contributed by atoms with Gasteiger partial charge in [0, 0.05) is 42.8 Å². The maximum atomic E-state index is 10.0. The molecule has 0 amide bonds. The molecule has 1 aliphatic rings. The van der Waals surface area contributed by atoms with Crippen LogP contribution in [0.1, 0.15) is 37.1 Å². The fourth-order valence-electron chi connectivity index (χ4n) is 3.02. The number of anilines is 1. The lowest BCUT2D eigenvalue weighted by Crippen LogP contribution is -2.35. The third-order valence-corrected chi connectivity index (χ3v) is 6.27. The highest BCUT2D eigenvalue weighted by atomic mass is 32.2. The number of piperidine rings is 1. The Morgan fingerprint density at radius 2 is 2.04 bits per heavy atom. The fourth-order valence-corrected chi connectivity index (χ4v) is 4.78. The highest BCUT2D eigenvalue weighted by Gasteiger charge is 2.20. The van der Waals surface area contributed by atoms with E-state index in [2.05, 4.69) is 25.8 Å². The molecule has 0 spiro atoms. The summed E-state index contributed by atoms with van der Waals surface area (Å²) in [5.74, 6) is 0.674. The van der Waals surface area contributed by atoms with Gasteiger partial charge < -0.3 is 10.4 Å². The Hall–Kier alpha value is -1.22. The quantitative estimate of drug-likeness (QED) is 0.729. The van der Waals surface area contributed by atoms with Crippen molar-refractivity contribution in [1.82, 2.24) is 19.3 Å². The van der Waals surface area contributed by atoms with Crippen LogP contribution in [-0.4, -0.2) is 55.4 Å². The third kappa shape index (κ3) is 5.16. The van der Waals surface area contributed by atoms with Crippen molar-refractivity contribution in [3.8, 4) is 10.7 Å². The van der Waals surface area contributed by atoms with Gasteiger partial charge in [0.05, 0.1) is 5.60 Å². The minimum absolute atomic E-state index is 0.413. The highest BCUT2D eigenvalue weighted by molar-refractivity contribution is 7.96. The molecule has 2 aromatic heterocycles. The lowest BCUT2D eigenvalue weighted by atomic mass is 10.1. The number of aromatic nitrogens is 3. The Kier molecular flexibility index (Phi) is 6.17. The average Bonchev–Trinajstić information content (AvgIpc) is 3.03. The van der Waals surface area contributed by atoms with Gasteiger partial charge in [0.2, 0.25) is 5.95 Å². The molecule has 0 unspecified atom stereocenters. The number of aryl methyl sites for hydroxylation is 1. The van der Waals surface area contributed by atoms with Gasteiger partial charge in [0.1, 0.15) is 10.7 Å². The Morgan fingerprint density at radius 3 is 2.69 bits per heavy atom. The summed E-state index contributed by atoms with van der Waals surface area (Å²) >= 11 is 3.40. The van der Waals surface area contributed by atoms with Crippen LogP contribution in [0.3, 0.4) is 0 Å². The van der Waals surface area contributed by atoms with Crippen molar-refractivity contribution in [1.29, 1.82) is 0 Å². The second-order valence-corrected chi connectivity index (χ2v) is 9.37. The minimum Gasteiger partial charge on any atom is -0.390 e. The van der Waals surface area contributed by atoms with Crippen molar-refractivity contribution in [2.75, 3.05) is 24.7 Å². The predicted molar refractivity (Wildman–Crippen MR) is 110 cm³/mol. The van der Waals surface area contributed by atoms with E-state index in [1.807, 2.05) is 45.1 Å². The van der Waals surface area contributed by atoms with E-state index in [1.54, 1.807) is 11.3 Å². The van der Waals surface area contributed by atoms with E-state index < -0.39 is 5.60 Å². The molecule has 0 bridgehead atoms. The average molecular weight is 394 g/mol. The van der Waals surface area contributed by atoms with Crippen LogP contribution < -0.4 is 5.32 Å². The Labute approximate surface area is 163 Å². The molecule has 2 N–H and O–H groups in total. The van der Waals surface area contributed by atoms with Crippen molar-refractivity contribution in [2.24, 2.45) is 0 Å². The molecule has 6 nitrogen and oxygen atoms in total. The van der Waals surface area contributed by atoms with Gasteiger partial charge in [-0.1, -0.05) is 11.9 Å². The first-order valence-electron chi connectivity index (χ1n) is 8.91. The summed E-state index contributed by atoms with van der Waals surface area (Å²) in [5, 5.41) is 14.4. The molecule has 0 aromatic carbocycles. The third-order valence-electron chi connectivity index (χ3n) is 4.38. The molecule has 1 saturated heterocycles.